The number of carbonyl (C=O) groups excluding carboxylic acids is 3. The predicted molar refractivity (Wildman–Crippen MR) is 91.3 cm³/mol. The second-order valence-electron chi connectivity index (χ2n) is 5.58. The van der Waals surface area contributed by atoms with Gasteiger partial charge in [-0.3, -0.25) is 14.4 Å². The normalized spacial score (nSPS) is 13.1. The van der Waals surface area contributed by atoms with Gasteiger partial charge in [0.05, 0.1) is 6.42 Å². The molecule has 124 valence electrons. The van der Waals surface area contributed by atoms with Gasteiger partial charge < -0.3 is 10.1 Å². The van der Waals surface area contributed by atoms with E-state index in [4.69, 9.17) is 4.74 Å². The summed E-state index contributed by atoms with van der Waals surface area (Å²) in [4.78, 5) is 36.3. The van der Waals surface area contributed by atoms with Crippen LogP contribution in [0.15, 0.2) is 35.7 Å². The molecule has 5 nitrogen and oxygen atoms in total. The molecule has 0 fully saturated rings. The maximum absolute atomic E-state index is 12.2. The maximum atomic E-state index is 12.2. The molecule has 0 aliphatic carbocycles. The average Bonchev–Trinajstić information content (AvgIpc) is 3.11. The number of ketones is 1. The van der Waals surface area contributed by atoms with Gasteiger partial charge in [0.2, 0.25) is 5.91 Å². The van der Waals surface area contributed by atoms with E-state index >= 15 is 0 Å². The van der Waals surface area contributed by atoms with Crippen LogP contribution in [0, 0.1) is 0 Å². The molecule has 0 saturated carbocycles. The van der Waals surface area contributed by atoms with E-state index in [0.717, 1.165) is 16.1 Å². The number of nitrogens with one attached hydrogen (secondary N) is 1. The second kappa shape index (κ2) is 7.40. The van der Waals surface area contributed by atoms with E-state index in [9.17, 15) is 14.4 Å². The van der Waals surface area contributed by atoms with Gasteiger partial charge in [-0.05, 0) is 48.1 Å². The lowest BCUT2D eigenvalue weighted by Gasteiger charge is -2.17. The summed E-state index contributed by atoms with van der Waals surface area (Å²) in [6.07, 6.45) is 1.93. The number of esters is 1. The van der Waals surface area contributed by atoms with Crippen molar-refractivity contribution in [3.05, 3.63) is 51.7 Å². The summed E-state index contributed by atoms with van der Waals surface area (Å²) >= 11 is 1.59. The molecule has 1 aromatic carbocycles. The van der Waals surface area contributed by atoms with Gasteiger partial charge >= 0.3 is 5.97 Å². The first-order chi connectivity index (χ1) is 11.6. The van der Waals surface area contributed by atoms with Crippen LogP contribution in [0.1, 0.15) is 33.6 Å². The fourth-order valence-corrected chi connectivity index (χ4v) is 3.25. The average molecular weight is 343 g/mol. The summed E-state index contributed by atoms with van der Waals surface area (Å²) < 4.78 is 5.06. The molecule has 1 aromatic heterocycles. The first-order valence-electron chi connectivity index (χ1n) is 7.76. The Bertz CT molecular complexity index is 767. The van der Waals surface area contributed by atoms with Crippen molar-refractivity contribution in [3.63, 3.8) is 0 Å². The van der Waals surface area contributed by atoms with Crippen LogP contribution >= 0.6 is 11.3 Å². The van der Waals surface area contributed by atoms with Gasteiger partial charge in [0.1, 0.15) is 0 Å². The maximum Gasteiger partial charge on any atom is 0.306 e. The first-order valence-corrected chi connectivity index (χ1v) is 8.64. The lowest BCUT2D eigenvalue weighted by atomic mass is 9.99. The number of Topliss-reactive ketones (excluding diaryl/α,β-unsaturated/α-hetero) is 1. The highest BCUT2D eigenvalue weighted by molar-refractivity contribution is 7.09. The molecule has 24 heavy (non-hydrogen) atoms. The van der Waals surface area contributed by atoms with Crippen molar-refractivity contribution < 1.29 is 19.1 Å². The third kappa shape index (κ3) is 4.08. The molecule has 0 radical (unpaired) electrons. The molecular weight excluding hydrogens is 326 g/mol. The van der Waals surface area contributed by atoms with Crippen LogP contribution in [0.3, 0.4) is 0 Å². The Hall–Kier alpha value is -2.47. The zero-order valence-electron chi connectivity index (χ0n) is 13.0. The standard InChI is InChI=1S/C18H17NO4S/c20-16(11-23-18(22)8-5-14-2-1-9-24-14)13-3-6-15-12(10-13)4-7-17(21)19-15/h1-3,6,9-10H,4-5,7-8,11H2,(H,19,21). The lowest BCUT2D eigenvalue weighted by molar-refractivity contribution is -0.142. The molecule has 0 bridgehead atoms. The molecule has 3 rings (SSSR count). The number of benzene rings is 1. The smallest absolute Gasteiger partial charge is 0.306 e. The van der Waals surface area contributed by atoms with Gasteiger partial charge in [-0.2, -0.15) is 0 Å². The summed E-state index contributed by atoms with van der Waals surface area (Å²) in [7, 11) is 0. The van der Waals surface area contributed by atoms with E-state index in [2.05, 4.69) is 5.32 Å². The van der Waals surface area contributed by atoms with Crippen LogP contribution in [0.25, 0.3) is 0 Å². The first kappa shape index (κ1) is 16.4. The van der Waals surface area contributed by atoms with Gasteiger partial charge in [0.25, 0.3) is 0 Å². The number of ether oxygens (including phenoxy) is 1. The van der Waals surface area contributed by atoms with E-state index in [1.807, 2.05) is 17.5 Å². The third-order valence-electron chi connectivity index (χ3n) is 3.84. The molecule has 0 spiro atoms. The summed E-state index contributed by atoms with van der Waals surface area (Å²) in [6.45, 7) is -0.256. The summed E-state index contributed by atoms with van der Waals surface area (Å²) in [6, 6.07) is 9.03. The number of aryl methyl sites for hydroxylation is 2. The molecule has 0 saturated heterocycles. The predicted octanol–water partition coefficient (Wildman–Crippen LogP) is 2.99. The van der Waals surface area contributed by atoms with Crippen molar-refractivity contribution in [3.8, 4) is 0 Å². The molecule has 1 aliphatic heterocycles. The summed E-state index contributed by atoms with van der Waals surface area (Å²) in [5.41, 5.74) is 2.18. The number of thiophene rings is 1. The minimum absolute atomic E-state index is 0.0127. The van der Waals surface area contributed by atoms with Crippen molar-refractivity contribution in [2.24, 2.45) is 0 Å². The largest absolute Gasteiger partial charge is 0.457 e. The van der Waals surface area contributed by atoms with E-state index in [-0.39, 0.29) is 30.7 Å². The fourth-order valence-electron chi connectivity index (χ4n) is 2.54. The number of rotatable bonds is 6. The van der Waals surface area contributed by atoms with Crippen LogP contribution in [0.2, 0.25) is 0 Å². The van der Waals surface area contributed by atoms with Gasteiger partial charge in [-0.25, -0.2) is 0 Å². The van der Waals surface area contributed by atoms with Crippen molar-refractivity contribution in [1.82, 2.24) is 0 Å². The van der Waals surface area contributed by atoms with Crippen LogP contribution in [-0.2, 0) is 27.2 Å². The van der Waals surface area contributed by atoms with Gasteiger partial charge in [-0.15, -0.1) is 11.3 Å². The molecule has 0 unspecified atom stereocenters. The van der Waals surface area contributed by atoms with Crippen LogP contribution in [0.5, 0.6) is 0 Å². The van der Waals surface area contributed by atoms with Crippen LogP contribution in [0.4, 0.5) is 5.69 Å². The van der Waals surface area contributed by atoms with E-state index in [1.54, 1.807) is 29.5 Å². The minimum Gasteiger partial charge on any atom is -0.457 e. The molecule has 6 heteroatoms. The Morgan fingerprint density at radius 3 is 2.88 bits per heavy atom. The topological polar surface area (TPSA) is 72.5 Å². The molecule has 2 aromatic rings. The van der Waals surface area contributed by atoms with Crippen molar-refractivity contribution >= 4 is 34.7 Å². The van der Waals surface area contributed by atoms with Crippen molar-refractivity contribution in [1.29, 1.82) is 0 Å². The monoisotopic (exact) mass is 343 g/mol. The fraction of sp³-hybridized carbons (Fsp3) is 0.278. The van der Waals surface area contributed by atoms with Crippen molar-refractivity contribution in [2.45, 2.75) is 25.7 Å². The number of hydrogen-bond acceptors (Lipinski definition) is 5. The SMILES string of the molecule is O=C1CCc2cc(C(=O)COC(=O)CCc3cccs3)ccc2N1. The van der Waals surface area contributed by atoms with E-state index < -0.39 is 0 Å². The number of amides is 1. The summed E-state index contributed by atoms with van der Waals surface area (Å²) in [5.74, 6) is -0.623. The number of carbonyl (C=O) groups is 3. The number of anilines is 1. The zero-order chi connectivity index (χ0) is 16.9. The molecule has 0 atom stereocenters. The van der Waals surface area contributed by atoms with Crippen LogP contribution < -0.4 is 5.32 Å². The van der Waals surface area contributed by atoms with Crippen molar-refractivity contribution in [2.75, 3.05) is 11.9 Å². The highest BCUT2D eigenvalue weighted by atomic mass is 32.1. The molecular formula is C18H17NO4S. The quantitative estimate of drug-likeness (QED) is 0.646. The molecule has 1 aliphatic rings. The second-order valence-corrected chi connectivity index (χ2v) is 6.62. The Morgan fingerprint density at radius 1 is 1.21 bits per heavy atom. The third-order valence-corrected chi connectivity index (χ3v) is 4.78. The summed E-state index contributed by atoms with van der Waals surface area (Å²) in [5, 5.41) is 4.73. The van der Waals surface area contributed by atoms with Gasteiger partial charge in [0.15, 0.2) is 12.4 Å². The van der Waals surface area contributed by atoms with Crippen LogP contribution in [-0.4, -0.2) is 24.3 Å². The number of hydrogen-bond donors (Lipinski definition) is 1. The zero-order valence-corrected chi connectivity index (χ0v) is 13.9. The Kier molecular flexibility index (Phi) is 5.05. The highest BCUT2D eigenvalue weighted by Gasteiger charge is 2.17. The highest BCUT2D eigenvalue weighted by Crippen LogP contribution is 2.23. The number of fused-ring (bicyclic) bond motifs is 1. The van der Waals surface area contributed by atoms with E-state index in [1.165, 1.54) is 0 Å². The lowest BCUT2D eigenvalue weighted by Crippen LogP contribution is -2.20. The molecule has 2 heterocycles. The molecule has 1 amide bonds. The Labute approximate surface area is 143 Å². The Morgan fingerprint density at radius 2 is 2.08 bits per heavy atom. The van der Waals surface area contributed by atoms with Gasteiger partial charge in [0, 0.05) is 22.5 Å². The Balaban J connectivity index is 1.51. The molecule has 1 N–H and O–H groups in total. The van der Waals surface area contributed by atoms with Gasteiger partial charge in [-0.1, -0.05) is 6.07 Å². The van der Waals surface area contributed by atoms with E-state index in [0.29, 0.717) is 24.8 Å². The minimum atomic E-state index is -0.373.